The zero-order valence-electron chi connectivity index (χ0n) is 15.8. The molecule has 26 heavy (non-hydrogen) atoms. The molecule has 1 aromatic heterocycles. The molecule has 144 valence electrons. The lowest BCUT2D eigenvalue weighted by Crippen LogP contribution is -2.42. The Bertz CT molecular complexity index is 691. The van der Waals surface area contributed by atoms with Gasteiger partial charge in [-0.2, -0.15) is 0 Å². The Kier molecular flexibility index (Phi) is 6.77. The largest absolute Gasteiger partial charge is 0.462 e. The lowest BCUT2D eigenvalue weighted by molar-refractivity contribution is -0.117. The first kappa shape index (κ1) is 20.4. The van der Waals surface area contributed by atoms with Gasteiger partial charge in [-0.05, 0) is 37.7 Å². The Morgan fingerprint density at radius 2 is 1.88 bits per heavy atom. The van der Waals surface area contributed by atoms with Crippen LogP contribution >= 0.6 is 11.3 Å². The van der Waals surface area contributed by atoms with E-state index >= 15 is 0 Å². The lowest BCUT2D eigenvalue weighted by atomic mass is 9.92. The van der Waals surface area contributed by atoms with E-state index in [1.165, 1.54) is 0 Å². The summed E-state index contributed by atoms with van der Waals surface area (Å²) in [7, 11) is 0. The van der Waals surface area contributed by atoms with Crippen molar-refractivity contribution in [2.75, 3.05) is 31.6 Å². The summed E-state index contributed by atoms with van der Waals surface area (Å²) < 4.78 is 5.06. The number of nitrogens with two attached hydrogens (primary N) is 1. The van der Waals surface area contributed by atoms with E-state index in [4.69, 9.17) is 10.5 Å². The number of nitrogens with zero attached hydrogens (tertiary/aromatic N) is 1. The van der Waals surface area contributed by atoms with E-state index < -0.39 is 11.9 Å². The van der Waals surface area contributed by atoms with Crippen LogP contribution in [0.25, 0.3) is 0 Å². The highest BCUT2D eigenvalue weighted by atomic mass is 32.1. The Morgan fingerprint density at radius 1 is 1.27 bits per heavy atom. The highest BCUT2D eigenvalue weighted by molar-refractivity contribution is 7.18. The van der Waals surface area contributed by atoms with Gasteiger partial charge in [0.25, 0.3) is 5.91 Å². The zero-order chi connectivity index (χ0) is 19.4. The summed E-state index contributed by atoms with van der Waals surface area (Å²) >= 11 is 1.01. The third-order valence-electron chi connectivity index (χ3n) is 4.41. The number of anilines is 1. The monoisotopic (exact) mass is 381 g/mol. The molecule has 0 saturated carbocycles. The Hall–Kier alpha value is -1.93. The maximum Gasteiger partial charge on any atom is 0.341 e. The number of primary amides is 1. The third kappa shape index (κ3) is 4.82. The minimum atomic E-state index is -0.628. The maximum absolute atomic E-state index is 12.5. The molecule has 1 aromatic rings. The molecule has 0 aromatic carbocycles. The van der Waals surface area contributed by atoms with Crippen molar-refractivity contribution in [3.8, 4) is 0 Å². The number of nitrogens with one attached hydrogen (secondary N) is 1. The minimum Gasteiger partial charge on any atom is -0.462 e. The number of esters is 1. The summed E-state index contributed by atoms with van der Waals surface area (Å²) in [6.07, 6.45) is 1.16. The summed E-state index contributed by atoms with van der Waals surface area (Å²) in [5, 5.41) is 3.09. The first-order valence-corrected chi connectivity index (χ1v) is 9.67. The Balaban J connectivity index is 2.16. The lowest BCUT2D eigenvalue weighted by Gasteiger charge is -2.34. The molecule has 0 spiro atoms. The zero-order valence-corrected chi connectivity index (χ0v) is 16.6. The van der Waals surface area contributed by atoms with Crippen LogP contribution < -0.4 is 11.1 Å². The molecular weight excluding hydrogens is 354 g/mol. The number of likely N-dealkylation sites (tertiary alicyclic amines) is 1. The normalized spacial score (nSPS) is 20.6. The molecule has 1 fully saturated rings. The third-order valence-corrected chi connectivity index (χ3v) is 5.64. The molecule has 0 radical (unpaired) electrons. The summed E-state index contributed by atoms with van der Waals surface area (Å²) in [5.41, 5.74) is 6.03. The number of hydrogen-bond donors (Lipinski definition) is 2. The van der Waals surface area contributed by atoms with Crippen molar-refractivity contribution in [2.45, 2.75) is 34.1 Å². The number of carbonyl (C=O) groups is 3. The first-order chi connectivity index (χ1) is 12.2. The standard InChI is InChI=1S/C18H27N3O4S/c1-5-25-18(24)14-12(4)15(16(19)23)26-17(14)20-13(22)9-21-7-10(2)6-11(3)8-21/h10-11H,5-9H2,1-4H3,(H2,19,23)(H,20,22)/t10-,11-/m1/s1. The van der Waals surface area contributed by atoms with E-state index in [1.54, 1.807) is 13.8 Å². The van der Waals surface area contributed by atoms with Gasteiger partial charge in [-0.25, -0.2) is 4.79 Å². The van der Waals surface area contributed by atoms with Gasteiger partial charge in [-0.15, -0.1) is 11.3 Å². The minimum absolute atomic E-state index is 0.205. The number of hydrogen-bond acceptors (Lipinski definition) is 6. The predicted molar refractivity (Wildman–Crippen MR) is 102 cm³/mol. The van der Waals surface area contributed by atoms with Gasteiger partial charge in [0.15, 0.2) is 0 Å². The maximum atomic E-state index is 12.5. The predicted octanol–water partition coefficient (Wildman–Crippen LogP) is 2.25. The van der Waals surface area contributed by atoms with Crippen LogP contribution in [0.15, 0.2) is 0 Å². The number of ether oxygens (including phenoxy) is 1. The molecule has 7 nitrogen and oxygen atoms in total. The number of carbonyl (C=O) groups excluding carboxylic acids is 3. The number of thiophene rings is 1. The molecule has 0 unspecified atom stereocenters. The summed E-state index contributed by atoms with van der Waals surface area (Å²) in [6.45, 7) is 9.90. The molecule has 2 heterocycles. The average molecular weight is 381 g/mol. The summed E-state index contributed by atoms with van der Waals surface area (Å²) in [4.78, 5) is 38.7. The van der Waals surface area contributed by atoms with Gasteiger partial charge < -0.3 is 15.8 Å². The van der Waals surface area contributed by atoms with Gasteiger partial charge in [-0.3, -0.25) is 14.5 Å². The molecule has 0 aliphatic carbocycles. The van der Waals surface area contributed by atoms with Crippen LogP contribution in [0.4, 0.5) is 5.00 Å². The van der Waals surface area contributed by atoms with E-state index in [2.05, 4.69) is 24.1 Å². The second-order valence-electron chi connectivity index (χ2n) is 7.03. The second kappa shape index (κ2) is 8.64. The highest BCUT2D eigenvalue weighted by Gasteiger charge is 2.27. The molecule has 1 aliphatic rings. The van der Waals surface area contributed by atoms with Gasteiger partial charge in [0, 0.05) is 13.1 Å². The fourth-order valence-corrected chi connectivity index (χ4v) is 4.64. The van der Waals surface area contributed by atoms with Crippen molar-refractivity contribution >= 4 is 34.1 Å². The fraction of sp³-hybridized carbons (Fsp3) is 0.611. The summed E-state index contributed by atoms with van der Waals surface area (Å²) in [6, 6.07) is 0. The molecule has 2 rings (SSSR count). The van der Waals surface area contributed by atoms with Crippen molar-refractivity contribution in [2.24, 2.45) is 17.6 Å². The van der Waals surface area contributed by atoms with Crippen LogP contribution in [-0.2, 0) is 9.53 Å². The van der Waals surface area contributed by atoms with Crippen LogP contribution in [0.3, 0.4) is 0 Å². The van der Waals surface area contributed by atoms with Crippen molar-refractivity contribution in [1.29, 1.82) is 0 Å². The molecule has 1 aliphatic heterocycles. The van der Waals surface area contributed by atoms with E-state index in [-0.39, 0.29) is 29.5 Å². The molecular formula is C18H27N3O4S. The van der Waals surface area contributed by atoms with Crippen LogP contribution in [0.5, 0.6) is 0 Å². The molecule has 3 N–H and O–H groups in total. The van der Waals surface area contributed by atoms with Crippen LogP contribution in [0, 0.1) is 18.8 Å². The quantitative estimate of drug-likeness (QED) is 0.736. The van der Waals surface area contributed by atoms with Gasteiger partial charge in [0.1, 0.15) is 5.00 Å². The van der Waals surface area contributed by atoms with Crippen molar-refractivity contribution < 1.29 is 19.1 Å². The van der Waals surface area contributed by atoms with Crippen LogP contribution in [-0.4, -0.2) is 48.9 Å². The highest BCUT2D eigenvalue weighted by Crippen LogP contribution is 2.33. The topological polar surface area (TPSA) is 102 Å². The van der Waals surface area contributed by atoms with Gasteiger partial charge in [0.05, 0.1) is 23.6 Å². The number of rotatable bonds is 6. The Labute approximate surface area is 157 Å². The van der Waals surface area contributed by atoms with Gasteiger partial charge in [-0.1, -0.05) is 13.8 Å². The van der Waals surface area contributed by atoms with E-state index in [1.807, 2.05) is 0 Å². The van der Waals surface area contributed by atoms with Crippen molar-refractivity contribution in [3.63, 3.8) is 0 Å². The van der Waals surface area contributed by atoms with E-state index in [9.17, 15) is 14.4 Å². The molecule has 0 bridgehead atoms. The summed E-state index contributed by atoms with van der Waals surface area (Å²) in [5.74, 6) is -0.310. The SMILES string of the molecule is CCOC(=O)c1c(NC(=O)CN2C[C@H](C)C[C@@H](C)C2)sc(C(N)=O)c1C. The van der Waals surface area contributed by atoms with Crippen molar-refractivity contribution in [1.82, 2.24) is 4.90 Å². The second-order valence-corrected chi connectivity index (χ2v) is 8.05. The van der Waals surface area contributed by atoms with Gasteiger partial charge >= 0.3 is 5.97 Å². The fourth-order valence-electron chi connectivity index (χ4n) is 3.58. The first-order valence-electron chi connectivity index (χ1n) is 8.85. The molecule has 2 amide bonds. The van der Waals surface area contributed by atoms with Crippen LogP contribution in [0.1, 0.15) is 52.8 Å². The van der Waals surface area contributed by atoms with Crippen molar-refractivity contribution in [3.05, 3.63) is 16.0 Å². The van der Waals surface area contributed by atoms with E-state index in [0.717, 1.165) is 30.8 Å². The van der Waals surface area contributed by atoms with Crippen LogP contribution in [0.2, 0.25) is 0 Å². The average Bonchev–Trinajstić information content (AvgIpc) is 2.82. The molecule has 1 saturated heterocycles. The van der Waals surface area contributed by atoms with E-state index in [0.29, 0.717) is 22.4 Å². The van der Waals surface area contributed by atoms with Gasteiger partial charge in [0.2, 0.25) is 5.91 Å². The number of amides is 2. The Morgan fingerprint density at radius 3 is 2.42 bits per heavy atom. The number of piperidine rings is 1. The molecule has 2 atom stereocenters. The molecule has 8 heteroatoms. The smallest absolute Gasteiger partial charge is 0.341 e.